The van der Waals surface area contributed by atoms with Crippen LogP contribution < -0.4 is 5.32 Å². The number of nitrogens with one attached hydrogen (secondary N) is 1. The van der Waals surface area contributed by atoms with Crippen molar-refractivity contribution in [2.24, 2.45) is 0 Å². The van der Waals surface area contributed by atoms with Crippen LogP contribution in [0.4, 0.5) is 0 Å². The fraction of sp³-hybridized carbons (Fsp3) is 0.500. The Hall–Kier alpha value is -1.53. The second-order valence-corrected chi connectivity index (χ2v) is 6.48. The van der Waals surface area contributed by atoms with Crippen molar-refractivity contribution in [3.8, 4) is 0 Å². The number of hydrogen-bond acceptors (Lipinski definition) is 5. The third-order valence-electron chi connectivity index (χ3n) is 2.90. The first-order valence-corrected chi connectivity index (χ1v) is 7.66. The zero-order valence-corrected chi connectivity index (χ0v) is 14.2. The Morgan fingerprint density at radius 3 is 2.23 bits per heavy atom. The summed E-state index contributed by atoms with van der Waals surface area (Å²) >= 11 is 4.02. The van der Waals surface area contributed by atoms with Gasteiger partial charge in [-0.2, -0.15) is 12.6 Å². The zero-order chi connectivity index (χ0) is 16.9. The molecule has 1 rings (SSSR count). The van der Waals surface area contributed by atoms with E-state index < -0.39 is 29.6 Å². The summed E-state index contributed by atoms with van der Waals surface area (Å²) in [6.45, 7) is 7.24. The van der Waals surface area contributed by atoms with Gasteiger partial charge in [-0.05, 0) is 33.3 Å². The van der Waals surface area contributed by atoms with Crippen molar-refractivity contribution in [1.29, 1.82) is 0 Å². The number of esters is 1. The van der Waals surface area contributed by atoms with Crippen LogP contribution in [0.3, 0.4) is 0 Å². The number of aryl methyl sites for hydroxylation is 1. The Labute approximate surface area is 136 Å². The highest BCUT2D eigenvalue weighted by Gasteiger charge is 2.30. The van der Waals surface area contributed by atoms with Crippen molar-refractivity contribution in [3.63, 3.8) is 0 Å². The maximum Gasteiger partial charge on any atom is 0.328 e. The molecule has 22 heavy (non-hydrogen) atoms. The van der Waals surface area contributed by atoms with E-state index in [2.05, 4.69) is 17.9 Å². The van der Waals surface area contributed by atoms with Crippen LogP contribution >= 0.6 is 12.6 Å². The van der Waals surface area contributed by atoms with Gasteiger partial charge in [-0.15, -0.1) is 0 Å². The molecule has 2 atom stereocenters. The average molecular weight is 325 g/mol. The topological polar surface area (TPSA) is 75.6 Å². The molecule has 1 aromatic rings. The fourth-order valence-corrected chi connectivity index (χ4v) is 2.08. The molecule has 0 radical (unpaired) electrons. The first-order chi connectivity index (χ1) is 10.1. The molecule has 0 aromatic heterocycles. The summed E-state index contributed by atoms with van der Waals surface area (Å²) in [6, 6.07) is 5.51. The van der Waals surface area contributed by atoms with Crippen molar-refractivity contribution >= 4 is 24.6 Å². The summed E-state index contributed by atoms with van der Waals surface area (Å²) in [5.74, 6) is -1.50. The van der Waals surface area contributed by atoms with Gasteiger partial charge in [0.25, 0.3) is 0 Å². The molecule has 122 valence electrons. The smallest absolute Gasteiger partial charge is 0.328 e. The Morgan fingerprint density at radius 2 is 1.82 bits per heavy atom. The van der Waals surface area contributed by atoms with Gasteiger partial charge >= 0.3 is 11.9 Å². The second-order valence-electron chi connectivity index (χ2n) is 6.12. The number of thiol groups is 1. The molecule has 5 nitrogen and oxygen atoms in total. The largest absolute Gasteiger partial charge is 0.480 e. The first kappa shape index (κ1) is 18.5. The maximum absolute atomic E-state index is 12.4. The van der Waals surface area contributed by atoms with E-state index in [1.807, 2.05) is 19.1 Å². The van der Waals surface area contributed by atoms with Crippen molar-refractivity contribution in [1.82, 2.24) is 5.32 Å². The Kier molecular flexibility index (Phi) is 6.44. The molecule has 0 heterocycles. The quantitative estimate of drug-likeness (QED) is 0.553. The van der Waals surface area contributed by atoms with E-state index in [0.29, 0.717) is 5.56 Å². The number of carboxylic acid groups (broad SMARTS) is 1. The second kappa shape index (κ2) is 7.65. The van der Waals surface area contributed by atoms with Crippen molar-refractivity contribution in [2.75, 3.05) is 5.75 Å². The Balaban J connectivity index is 3.06. The third kappa shape index (κ3) is 5.69. The summed E-state index contributed by atoms with van der Waals surface area (Å²) < 4.78 is 5.39. The van der Waals surface area contributed by atoms with E-state index in [1.54, 1.807) is 32.9 Å². The lowest BCUT2D eigenvalue weighted by molar-refractivity contribution is -0.158. The van der Waals surface area contributed by atoms with E-state index in [4.69, 9.17) is 9.84 Å². The van der Waals surface area contributed by atoms with E-state index in [1.165, 1.54) is 0 Å². The number of hydrogen-bond donors (Lipinski definition) is 3. The summed E-state index contributed by atoms with van der Waals surface area (Å²) in [6.07, 6.45) is 0. The van der Waals surface area contributed by atoms with Gasteiger partial charge in [0.1, 0.15) is 17.7 Å². The SMILES string of the molecule is Cc1ccc(C(N[C@@H](CS)C(=O)O)C(=O)OC(C)(C)C)cc1. The highest BCUT2D eigenvalue weighted by atomic mass is 32.1. The van der Waals surface area contributed by atoms with Crippen LogP contribution in [0.5, 0.6) is 0 Å². The molecule has 0 aliphatic heterocycles. The van der Waals surface area contributed by atoms with Crippen molar-refractivity contribution in [3.05, 3.63) is 35.4 Å². The van der Waals surface area contributed by atoms with E-state index in [-0.39, 0.29) is 5.75 Å². The van der Waals surface area contributed by atoms with E-state index in [9.17, 15) is 9.59 Å². The highest BCUT2D eigenvalue weighted by molar-refractivity contribution is 7.80. The molecule has 0 fully saturated rings. The molecule has 0 saturated heterocycles. The van der Waals surface area contributed by atoms with Crippen LogP contribution in [0.2, 0.25) is 0 Å². The number of carboxylic acids is 1. The minimum Gasteiger partial charge on any atom is -0.480 e. The first-order valence-electron chi connectivity index (χ1n) is 7.03. The monoisotopic (exact) mass is 325 g/mol. The molecule has 0 spiro atoms. The molecule has 1 unspecified atom stereocenters. The highest BCUT2D eigenvalue weighted by Crippen LogP contribution is 2.20. The summed E-state index contributed by atoms with van der Waals surface area (Å²) in [4.78, 5) is 23.6. The van der Waals surface area contributed by atoms with Crippen LogP contribution in [-0.4, -0.2) is 34.4 Å². The molecule has 1 aromatic carbocycles. The van der Waals surface area contributed by atoms with Crippen LogP contribution in [0, 0.1) is 6.92 Å². The Bertz CT molecular complexity index is 522. The maximum atomic E-state index is 12.4. The molecular weight excluding hydrogens is 302 g/mol. The molecule has 0 aliphatic rings. The molecular formula is C16H23NO4S. The van der Waals surface area contributed by atoms with Gasteiger partial charge < -0.3 is 9.84 Å². The van der Waals surface area contributed by atoms with Crippen molar-refractivity contribution in [2.45, 2.75) is 45.4 Å². The van der Waals surface area contributed by atoms with E-state index >= 15 is 0 Å². The van der Waals surface area contributed by atoms with Crippen LogP contribution in [-0.2, 0) is 14.3 Å². The number of carbonyl (C=O) groups is 2. The lowest BCUT2D eigenvalue weighted by atomic mass is 10.0. The third-order valence-corrected chi connectivity index (χ3v) is 3.27. The number of aliphatic carboxylic acids is 1. The van der Waals surface area contributed by atoms with Gasteiger partial charge in [-0.3, -0.25) is 10.1 Å². The zero-order valence-electron chi connectivity index (χ0n) is 13.3. The van der Waals surface area contributed by atoms with Gasteiger partial charge in [0.15, 0.2) is 0 Å². The lowest BCUT2D eigenvalue weighted by Crippen LogP contribution is -2.45. The van der Waals surface area contributed by atoms with Crippen LogP contribution in [0.15, 0.2) is 24.3 Å². The number of benzene rings is 1. The van der Waals surface area contributed by atoms with E-state index in [0.717, 1.165) is 5.56 Å². The number of rotatable bonds is 6. The molecule has 0 amide bonds. The average Bonchev–Trinajstić information content (AvgIpc) is 2.39. The molecule has 0 aliphatic carbocycles. The number of ether oxygens (including phenoxy) is 1. The Morgan fingerprint density at radius 1 is 1.27 bits per heavy atom. The van der Waals surface area contributed by atoms with Gasteiger partial charge in [0.2, 0.25) is 0 Å². The number of carbonyl (C=O) groups excluding carboxylic acids is 1. The fourth-order valence-electron chi connectivity index (χ4n) is 1.82. The van der Waals surface area contributed by atoms with Gasteiger partial charge in [0, 0.05) is 5.75 Å². The predicted molar refractivity (Wildman–Crippen MR) is 88.2 cm³/mol. The van der Waals surface area contributed by atoms with Crippen molar-refractivity contribution < 1.29 is 19.4 Å². The van der Waals surface area contributed by atoms with Crippen LogP contribution in [0.1, 0.15) is 37.9 Å². The summed E-state index contributed by atoms with van der Waals surface area (Å²) in [5.41, 5.74) is 1.06. The van der Waals surface area contributed by atoms with Gasteiger partial charge in [-0.1, -0.05) is 29.8 Å². The normalized spacial score (nSPS) is 14.2. The predicted octanol–water partition coefficient (Wildman–Crippen LogP) is 2.35. The molecule has 0 saturated carbocycles. The molecule has 6 heteroatoms. The lowest BCUT2D eigenvalue weighted by Gasteiger charge is -2.26. The van der Waals surface area contributed by atoms with Gasteiger partial charge in [-0.25, -0.2) is 4.79 Å². The standard InChI is InChI=1S/C16H23NO4S/c1-10-5-7-11(8-6-10)13(15(20)21-16(2,3)4)17-12(9-22)14(18)19/h5-8,12-13,17,22H,9H2,1-4H3,(H,18,19)/t12-,13?/m0/s1. The minimum atomic E-state index is -1.06. The molecule has 2 N–H and O–H groups in total. The summed E-state index contributed by atoms with van der Waals surface area (Å²) in [5, 5.41) is 12.0. The minimum absolute atomic E-state index is 0.0699. The van der Waals surface area contributed by atoms with Crippen LogP contribution in [0.25, 0.3) is 0 Å². The summed E-state index contributed by atoms with van der Waals surface area (Å²) in [7, 11) is 0. The molecule has 0 bridgehead atoms. The van der Waals surface area contributed by atoms with Gasteiger partial charge in [0.05, 0.1) is 0 Å².